The first-order valence-corrected chi connectivity index (χ1v) is 5.28. The number of hydrogen-bond donors (Lipinski definition) is 1. The zero-order chi connectivity index (χ0) is 9.80. The molecule has 0 amide bonds. The number of thiophene rings is 1. The van der Waals surface area contributed by atoms with Crippen molar-refractivity contribution in [2.45, 2.75) is 12.5 Å². The van der Waals surface area contributed by atoms with E-state index in [2.05, 4.69) is 21.4 Å². The Hall–Kier alpha value is -1.26. The van der Waals surface area contributed by atoms with Crippen LogP contribution in [0.2, 0.25) is 0 Å². The smallest absolute Gasteiger partial charge is 0.115 e. The molecular formula is C10H11N3S. The molecule has 0 aromatic carbocycles. The first kappa shape index (κ1) is 9.30. The van der Waals surface area contributed by atoms with Crippen molar-refractivity contribution in [3.8, 4) is 0 Å². The Balaban J connectivity index is 2.07. The Bertz CT molecular complexity index is 372. The predicted octanol–water partition coefficient (Wildman–Crippen LogP) is 1.78. The van der Waals surface area contributed by atoms with Crippen LogP contribution in [0.4, 0.5) is 0 Å². The van der Waals surface area contributed by atoms with Gasteiger partial charge in [-0.05, 0) is 17.5 Å². The van der Waals surface area contributed by atoms with Gasteiger partial charge in [0.2, 0.25) is 0 Å². The number of nitrogens with two attached hydrogens (primary N) is 1. The molecule has 1 atom stereocenters. The highest BCUT2D eigenvalue weighted by Gasteiger charge is 2.08. The van der Waals surface area contributed by atoms with Gasteiger partial charge in [0.05, 0.1) is 11.7 Å². The SMILES string of the molecule is NC(Cc1cccs1)c1ccncn1. The van der Waals surface area contributed by atoms with E-state index in [0.29, 0.717) is 0 Å². The van der Waals surface area contributed by atoms with Crippen molar-refractivity contribution in [3.05, 3.63) is 46.7 Å². The fraction of sp³-hybridized carbons (Fsp3) is 0.200. The predicted molar refractivity (Wildman–Crippen MR) is 57.0 cm³/mol. The maximum atomic E-state index is 6.00. The van der Waals surface area contributed by atoms with Gasteiger partial charge in [0, 0.05) is 17.5 Å². The molecule has 4 heteroatoms. The van der Waals surface area contributed by atoms with Crippen molar-refractivity contribution in [2.24, 2.45) is 5.73 Å². The van der Waals surface area contributed by atoms with Gasteiger partial charge < -0.3 is 5.73 Å². The summed E-state index contributed by atoms with van der Waals surface area (Å²) in [5.41, 5.74) is 6.90. The molecule has 2 aromatic rings. The van der Waals surface area contributed by atoms with Crippen LogP contribution in [0, 0.1) is 0 Å². The molecule has 0 fully saturated rings. The lowest BCUT2D eigenvalue weighted by atomic mass is 10.1. The van der Waals surface area contributed by atoms with E-state index in [1.54, 1.807) is 17.5 Å². The summed E-state index contributed by atoms with van der Waals surface area (Å²) < 4.78 is 0. The zero-order valence-electron chi connectivity index (χ0n) is 7.63. The van der Waals surface area contributed by atoms with Crippen LogP contribution in [-0.2, 0) is 6.42 Å². The van der Waals surface area contributed by atoms with E-state index in [0.717, 1.165) is 12.1 Å². The van der Waals surface area contributed by atoms with Gasteiger partial charge in [0.15, 0.2) is 0 Å². The molecule has 0 aliphatic carbocycles. The van der Waals surface area contributed by atoms with E-state index < -0.39 is 0 Å². The summed E-state index contributed by atoms with van der Waals surface area (Å²) in [6.07, 6.45) is 4.09. The molecule has 2 rings (SSSR count). The highest BCUT2D eigenvalue weighted by molar-refractivity contribution is 7.09. The zero-order valence-corrected chi connectivity index (χ0v) is 8.45. The van der Waals surface area contributed by atoms with Gasteiger partial charge in [-0.3, -0.25) is 0 Å². The minimum Gasteiger partial charge on any atom is -0.322 e. The monoisotopic (exact) mass is 205 g/mol. The minimum atomic E-state index is -0.0309. The van der Waals surface area contributed by atoms with Gasteiger partial charge in [-0.25, -0.2) is 9.97 Å². The molecule has 0 bridgehead atoms. The second-order valence-corrected chi connectivity index (χ2v) is 4.06. The largest absolute Gasteiger partial charge is 0.322 e. The fourth-order valence-corrected chi connectivity index (χ4v) is 2.04. The van der Waals surface area contributed by atoms with Gasteiger partial charge in [-0.15, -0.1) is 11.3 Å². The molecule has 2 N–H and O–H groups in total. The van der Waals surface area contributed by atoms with Crippen LogP contribution in [0.5, 0.6) is 0 Å². The standard InChI is InChI=1S/C10H11N3S/c11-9(6-8-2-1-5-14-8)10-3-4-12-7-13-10/h1-5,7,9H,6,11H2. The molecular weight excluding hydrogens is 194 g/mol. The summed E-state index contributed by atoms with van der Waals surface area (Å²) >= 11 is 1.72. The maximum absolute atomic E-state index is 6.00. The Morgan fingerprint density at radius 2 is 2.36 bits per heavy atom. The highest BCUT2D eigenvalue weighted by atomic mass is 32.1. The van der Waals surface area contributed by atoms with Crippen LogP contribution in [0.3, 0.4) is 0 Å². The number of nitrogens with zero attached hydrogens (tertiary/aromatic N) is 2. The van der Waals surface area contributed by atoms with E-state index >= 15 is 0 Å². The van der Waals surface area contributed by atoms with Gasteiger partial charge in [-0.2, -0.15) is 0 Å². The third-order valence-electron chi connectivity index (χ3n) is 1.99. The Morgan fingerprint density at radius 3 is 3.00 bits per heavy atom. The molecule has 2 heterocycles. The van der Waals surface area contributed by atoms with Crippen molar-refractivity contribution >= 4 is 11.3 Å². The van der Waals surface area contributed by atoms with Crippen LogP contribution < -0.4 is 5.73 Å². The lowest BCUT2D eigenvalue weighted by molar-refractivity contribution is 0.700. The molecule has 14 heavy (non-hydrogen) atoms. The van der Waals surface area contributed by atoms with Gasteiger partial charge in [0.1, 0.15) is 6.33 Å². The summed E-state index contributed by atoms with van der Waals surface area (Å²) in [4.78, 5) is 9.28. The number of rotatable bonds is 3. The summed E-state index contributed by atoms with van der Waals surface area (Å²) in [6, 6.07) is 5.95. The summed E-state index contributed by atoms with van der Waals surface area (Å²) in [6.45, 7) is 0. The molecule has 2 aromatic heterocycles. The minimum absolute atomic E-state index is 0.0309. The average molecular weight is 205 g/mol. The Labute approximate surface area is 86.6 Å². The molecule has 0 saturated heterocycles. The van der Waals surface area contributed by atoms with Crippen molar-refractivity contribution in [2.75, 3.05) is 0 Å². The molecule has 3 nitrogen and oxygen atoms in total. The van der Waals surface area contributed by atoms with Crippen LogP contribution in [-0.4, -0.2) is 9.97 Å². The number of hydrogen-bond acceptors (Lipinski definition) is 4. The van der Waals surface area contributed by atoms with Crippen molar-refractivity contribution in [1.82, 2.24) is 9.97 Å². The van der Waals surface area contributed by atoms with E-state index in [1.807, 2.05) is 12.1 Å². The molecule has 0 aliphatic rings. The normalized spacial score (nSPS) is 12.6. The molecule has 72 valence electrons. The maximum Gasteiger partial charge on any atom is 0.115 e. The topological polar surface area (TPSA) is 51.8 Å². The Kier molecular flexibility index (Phi) is 2.86. The van der Waals surface area contributed by atoms with Gasteiger partial charge in [0.25, 0.3) is 0 Å². The van der Waals surface area contributed by atoms with Crippen molar-refractivity contribution in [3.63, 3.8) is 0 Å². The second kappa shape index (κ2) is 4.30. The van der Waals surface area contributed by atoms with E-state index in [-0.39, 0.29) is 6.04 Å². The van der Waals surface area contributed by atoms with Gasteiger partial charge in [-0.1, -0.05) is 6.07 Å². The third kappa shape index (κ3) is 2.16. The lowest BCUT2D eigenvalue weighted by Crippen LogP contribution is -2.14. The summed E-state index contributed by atoms with van der Waals surface area (Å²) in [7, 11) is 0. The van der Waals surface area contributed by atoms with E-state index in [1.165, 1.54) is 11.2 Å². The van der Waals surface area contributed by atoms with Crippen molar-refractivity contribution in [1.29, 1.82) is 0 Å². The molecule has 0 aliphatic heterocycles. The van der Waals surface area contributed by atoms with Crippen LogP contribution in [0.1, 0.15) is 16.6 Å². The summed E-state index contributed by atoms with van der Waals surface area (Å²) in [5.74, 6) is 0. The summed E-state index contributed by atoms with van der Waals surface area (Å²) in [5, 5.41) is 2.06. The molecule has 0 spiro atoms. The van der Waals surface area contributed by atoms with Crippen molar-refractivity contribution < 1.29 is 0 Å². The Morgan fingerprint density at radius 1 is 1.43 bits per heavy atom. The number of aromatic nitrogens is 2. The fourth-order valence-electron chi connectivity index (χ4n) is 1.27. The van der Waals surface area contributed by atoms with Crippen LogP contribution in [0.15, 0.2) is 36.1 Å². The molecule has 1 unspecified atom stereocenters. The quantitative estimate of drug-likeness (QED) is 0.831. The molecule has 0 saturated carbocycles. The first-order valence-electron chi connectivity index (χ1n) is 4.40. The average Bonchev–Trinajstić information content (AvgIpc) is 2.72. The van der Waals surface area contributed by atoms with Crippen LogP contribution in [0.25, 0.3) is 0 Å². The lowest BCUT2D eigenvalue weighted by Gasteiger charge is -2.08. The van der Waals surface area contributed by atoms with E-state index in [4.69, 9.17) is 5.73 Å². The van der Waals surface area contributed by atoms with E-state index in [9.17, 15) is 0 Å². The second-order valence-electron chi connectivity index (χ2n) is 3.02. The molecule has 0 radical (unpaired) electrons. The third-order valence-corrected chi connectivity index (χ3v) is 2.88. The van der Waals surface area contributed by atoms with Crippen LogP contribution >= 0.6 is 11.3 Å². The first-order chi connectivity index (χ1) is 6.86. The highest BCUT2D eigenvalue weighted by Crippen LogP contribution is 2.17. The van der Waals surface area contributed by atoms with Gasteiger partial charge >= 0.3 is 0 Å².